The average molecular weight is 348 g/mol. The lowest BCUT2D eigenvalue weighted by Gasteiger charge is -2.24. The van der Waals surface area contributed by atoms with Gasteiger partial charge in [-0.2, -0.15) is 0 Å². The number of hydrogen-bond acceptors (Lipinski definition) is 4. The van der Waals surface area contributed by atoms with Crippen LogP contribution in [0.15, 0.2) is 18.2 Å². The van der Waals surface area contributed by atoms with Crippen molar-refractivity contribution in [2.45, 2.75) is 58.4 Å². The van der Waals surface area contributed by atoms with Crippen LogP contribution in [0.5, 0.6) is 11.5 Å². The second kappa shape index (κ2) is 10.3. The summed E-state index contributed by atoms with van der Waals surface area (Å²) in [6.07, 6.45) is 6.13. The van der Waals surface area contributed by atoms with E-state index in [4.69, 9.17) is 15.2 Å². The summed E-state index contributed by atoms with van der Waals surface area (Å²) in [5.74, 6) is 1.42. The van der Waals surface area contributed by atoms with E-state index in [9.17, 15) is 4.79 Å². The van der Waals surface area contributed by atoms with Gasteiger partial charge in [-0.05, 0) is 43.9 Å². The number of nitrogens with zero attached hydrogens (tertiary/aromatic N) is 1. The summed E-state index contributed by atoms with van der Waals surface area (Å²) in [6.45, 7) is 6.85. The second-order valence-electron chi connectivity index (χ2n) is 6.60. The molecule has 2 rings (SSSR count). The highest BCUT2D eigenvalue weighted by atomic mass is 16.5. The Morgan fingerprint density at radius 2 is 1.84 bits per heavy atom. The highest BCUT2D eigenvalue weighted by Crippen LogP contribution is 2.30. The van der Waals surface area contributed by atoms with E-state index < -0.39 is 0 Å². The number of rotatable bonds is 10. The number of carbonyl (C=O) groups is 1. The Hall–Kier alpha value is -1.75. The fourth-order valence-corrected chi connectivity index (χ4v) is 3.04. The molecule has 1 heterocycles. The van der Waals surface area contributed by atoms with Crippen LogP contribution in [0.2, 0.25) is 0 Å². The Morgan fingerprint density at radius 1 is 1.16 bits per heavy atom. The Labute approximate surface area is 151 Å². The van der Waals surface area contributed by atoms with Crippen LogP contribution in [-0.2, 0) is 0 Å². The van der Waals surface area contributed by atoms with Crippen LogP contribution in [-0.4, -0.2) is 43.2 Å². The fraction of sp³-hybridized carbons (Fsp3) is 0.650. The zero-order chi connectivity index (χ0) is 18.1. The third kappa shape index (κ3) is 5.36. The number of carbonyl (C=O) groups excluding carboxylic acids is 1. The lowest BCUT2D eigenvalue weighted by Crippen LogP contribution is -2.39. The van der Waals surface area contributed by atoms with Crippen LogP contribution >= 0.6 is 0 Å². The van der Waals surface area contributed by atoms with Crippen molar-refractivity contribution in [2.24, 2.45) is 5.73 Å². The summed E-state index contributed by atoms with van der Waals surface area (Å²) in [7, 11) is 0. The number of likely N-dealkylation sites (tertiary alicyclic amines) is 1. The van der Waals surface area contributed by atoms with E-state index in [2.05, 4.69) is 13.8 Å². The van der Waals surface area contributed by atoms with Crippen LogP contribution in [0, 0.1) is 0 Å². The predicted molar refractivity (Wildman–Crippen MR) is 100 cm³/mol. The Kier molecular flexibility index (Phi) is 8.06. The van der Waals surface area contributed by atoms with Gasteiger partial charge in [-0.15, -0.1) is 0 Å². The number of benzene rings is 1. The first-order chi connectivity index (χ1) is 12.2. The molecule has 5 nitrogen and oxygen atoms in total. The van der Waals surface area contributed by atoms with Crippen LogP contribution < -0.4 is 15.2 Å². The molecule has 0 spiro atoms. The van der Waals surface area contributed by atoms with E-state index >= 15 is 0 Å². The number of amides is 1. The molecule has 1 fully saturated rings. The highest BCUT2D eigenvalue weighted by molar-refractivity contribution is 5.95. The van der Waals surface area contributed by atoms with Gasteiger partial charge < -0.3 is 20.1 Å². The van der Waals surface area contributed by atoms with E-state index in [0.717, 1.165) is 50.8 Å². The SMILES string of the molecule is CCCCOc1ccc(C(=O)N2CCCC2CN)cc1OCCCC. The van der Waals surface area contributed by atoms with Crippen molar-refractivity contribution >= 4 is 5.91 Å². The van der Waals surface area contributed by atoms with E-state index in [1.807, 2.05) is 23.1 Å². The molecule has 0 bridgehead atoms. The van der Waals surface area contributed by atoms with Gasteiger partial charge in [0, 0.05) is 24.7 Å². The van der Waals surface area contributed by atoms with Crippen molar-refractivity contribution in [1.29, 1.82) is 0 Å². The first-order valence-electron chi connectivity index (χ1n) is 9.61. The van der Waals surface area contributed by atoms with Gasteiger partial charge in [-0.1, -0.05) is 26.7 Å². The quantitative estimate of drug-likeness (QED) is 0.656. The highest BCUT2D eigenvalue weighted by Gasteiger charge is 2.28. The summed E-state index contributed by atoms with van der Waals surface area (Å²) in [5, 5.41) is 0. The molecule has 25 heavy (non-hydrogen) atoms. The standard InChI is InChI=1S/C20H32N2O3/c1-3-5-12-24-18-10-9-16(14-19(18)25-13-6-4-2)20(23)22-11-7-8-17(22)15-21/h9-10,14,17H,3-8,11-13,15,21H2,1-2H3. The van der Waals surface area contributed by atoms with Gasteiger partial charge in [-0.25, -0.2) is 0 Å². The minimum Gasteiger partial charge on any atom is -0.490 e. The van der Waals surface area contributed by atoms with Gasteiger partial charge in [0.25, 0.3) is 5.91 Å². The normalized spacial score (nSPS) is 16.9. The maximum absolute atomic E-state index is 12.8. The molecule has 1 atom stereocenters. The largest absolute Gasteiger partial charge is 0.490 e. The zero-order valence-electron chi connectivity index (χ0n) is 15.6. The van der Waals surface area contributed by atoms with Crippen molar-refractivity contribution in [2.75, 3.05) is 26.3 Å². The molecule has 1 unspecified atom stereocenters. The van der Waals surface area contributed by atoms with E-state index in [1.54, 1.807) is 0 Å². The lowest BCUT2D eigenvalue weighted by molar-refractivity contribution is 0.0740. The van der Waals surface area contributed by atoms with E-state index in [0.29, 0.717) is 31.1 Å². The molecule has 1 amide bonds. The van der Waals surface area contributed by atoms with Crippen LogP contribution in [0.1, 0.15) is 62.7 Å². The molecular formula is C20H32N2O3. The molecule has 0 radical (unpaired) electrons. The van der Waals surface area contributed by atoms with Gasteiger partial charge >= 0.3 is 0 Å². The van der Waals surface area contributed by atoms with Gasteiger partial charge in [0.15, 0.2) is 11.5 Å². The Bertz CT molecular complexity index is 548. The number of nitrogens with two attached hydrogens (primary N) is 1. The van der Waals surface area contributed by atoms with Crippen molar-refractivity contribution in [3.8, 4) is 11.5 Å². The summed E-state index contributed by atoms with van der Waals surface area (Å²) < 4.78 is 11.7. The number of hydrogen-bond donors (Lipinski definition) is 1. The van der Waals surface area contributed by atoms with Gasteiger partial charge in [-0.3, -0.25) is 4.79 Å². The average Bonchev–Trinajstić information content (AvgIpc) is 3.11. The second-order valence-corrected chi connectivity index (χ2v) is 6.60. The topological polar surface area (TPSA) is 64.8 Å². The molecule has 0 saturated carbocycles. The van der Waals surface area contributed by atoms with Gasteiger partial charge in [0.2, 0.25) is 0 Å². The molecule has 0 aromatic heterocycles. The molecule has 5 heteroatoms. The first kappa shape index (κ1) is 19.6. The minimum absolute atomic E-state index is 0.0356. The maximum Gasteiger partial charge on any atom is 0.254 e. The van der Waals surface area contributed by atoms with Gasteiger partial charge in [0.1, 0.15) is 0 Å². The Balaban J connectivity index is 2.14. The summed E-state index contributed by atoms with van der Waals surface area (Å²) >= 11 is 0. The van der Waals surface area contributed by atoms with Crippen molar-refractivity contribution in [1.82, 2.24) is 4.90 Å². The van der Waals surface area contributed by atoms with Crippen LogP contribution in [0.25, 0.3) is 0 Å². The van der Waals surface area contributed by atoms with Crippen molar-refractivity contribution in [3.05, 3.63) is 23.8 Å². The molecule has 1 aliphatic heterocycles. The zero-order valence-corrected chi connectivity index (χ0v) is 15.6. The molecule has 1 saturated heterocycles. The first-order valence-corrected chi connectivity index (χ1v) is 9.61. The summed E-state index contributed by atoms with van der Waals surface area (Å²) in [5.41, 5.74) is 6.45. The van der Waals surface area contributed by atoms with Crippen molar-refractivity contribution < 1.29 is 14.3 Å². The van der Waals surface area contributed by atoms with E-state index in [1.165, 1.54) is 0 Å². The molecule has 2 N–H and O–H groups in total. The van der Waals surface area contributed by atoms with E-state index in [-0.39, 0.29) is 11.9 Å². The fourth-order valence-electron chi connectivity index (χ4n) is 3.04. The number of ether oxygens (including phenoxy) is 2. The summed E-state index contributed by atoms with van der Waals surface area (Å²) in [6, 6.07) is 5.67. The molecule has 0 aliphatic carbocycles. The third-order valence-electron chi connectivity index (χ3n) is 4.61. The molecule has 1 aliphatic rings. The Morgan fingerprint density at radius 3 is 2.48 bits per heavy atom. The molecule has 140 valence electrons. The van der Waals surface area contributed by atoms with Gasteiger partial charge in [0.05, 0.1) is 13.2 Å². The van der Waals surface area contributed by atoms with Crippen LogP contribution in [0.4, 0.5) is 0 Å². The molecular weight excluding hydrogens is 316 g/mol. The lowest BCUT2D eigenvalue weighted by atomic mass is 10.1. The van der Waals surface area contributed by atoms with Crippen LogP contribution in [0.3, 0.4) is 0 Å². The van der Waals surface area contributed by atoms with Crippen molar-refractivity contribution in [3.63, 3.8) is 0 Å². The minimum atomic E-state index is 0.0356. The summed E-state index contributed by atoms with van der Waals surface area (Å²) in [4.78, 5) is 14.7. The molecule has 1 aromatic carbocycles. The number of unbranched alkanes of at least 4 members (excludes halogenated alkanes) is 2. The maximum atomic E-state index is 12.8. The molecule has 1 aromatic rings. The predicted octanol–water partition coefficient (Wildman–Crippen LogP) is 3.61. The third-order valence-corrected chi connectivity index (χ3v) is 4.61. The monoisotopic (exact) mass is 348 g/mol. The smallest absolute Gasteiger partial charge is 0.254 e.